The summed E-state index contributed by atoms with van der Waals surface area (Å²) in [5.74, 6) is 1.21. The summed E-state index contributed by atoms with van der Waals surface area (Å²) in [4.78, 5) is 5.09. The molecular weight excluding hydrogens is 389 g/mol. The number of fused-ring (bicyclic) bond motifs is 8. The Kier molecular flexibility index (Phi) is 4.04. The van der Waals surface area contributed by atoms with Crippen LogP contribution in [0.25, 0.3) is 11.1 Å². The van der Waals surface area contributed by atoms with Crippen molar-refractivity contribution in [1.82, 2.24) is 0 Å². The second-order valence-corrected chi connectivity index (χ2v) is 9.20. The van der Waals surface area contributed by atoms with Crippen molar-refractivity contribution in [3.8, 4) is 11.1 Å². The van der Waals surface area contributed by atoms with Gasteiger partial charge in [-0.15, -0.1) is 0 Å². The fraction of sp³-hybridized carbons (Fsp3) is 0.179. The van der Waals surface area contributed by atoms with Crippen molar-refractivity contribution in [1.29, 1.82) is 0 Å². The van der Waals surface area contributed by atoms with E-state index in [1.54, 1.807) is 0 Å². The summed E-state index contributed by atoms with van der Waals surface area (Å²) in [6.07, 6.45) is 2.25. The minimum Gasteiger partial charge on any atom is -0.335 e. The molecule has 32 heavy (non-hydrogen) atoms. The molecule has 1 aromatic heterocycles. The maximum atomic E-state index is 2.55. The van der Waals surface area contributed by atoms with Gasteiger partial charge in [-0.1, -0.05) is 48.5 Å². The van der Waals surface area contributed by atoms with Crippen LogP contribution in [0.2, 0.25) is 0 Å². The van der Waals surface area contributed by atoms with Gasteiger partial charge in [0.2, 0.25) is 0 Å². The summed E-state index contributed by atoms with van der Waals surface area (Å²) in [6, 6.07) is 24.6. The van der Waals surface area contributed by atoms with Crippen LogP contribution >= 0.6 is 0 Å². The van der Waals surface area contributed by atoms with Gasteiger partial charge >= 0.3 is 6.98 Å². The Morgan fingerprint density at radius 3 is 2.22 bits per heavy atom. The Morgan fingerprint density at radius 2 is 1.41 bits per heavy atom. The van der Waals surface area contributed by atoms with E-state index >= 15 is 0 Å². The smallest absolute Gasteiger partial charge is 0.335 e. The molecule has 4 aromatic rings. The fourth-order valence-corrected chi connectivity index (χ4v) is 5.42. The molecule has 3 heterocycles. The number of pyridine rings is 1. The van der Waals surface area contributed by atoms with Crippen LogP contribution in [0.3, 0.4) is 0 Å². The molecule has 0 bridgehead atoms. The van der Waals surface area contributed by atoms with Crippen LogP contribution in [-0.4, -0.2) is 6.98 Å². The molecule has 0 aliphatic carbocycles. The predicted molar refractivity (Wildman–Crippen MR) is 135 cm³/mol. The van der Waals surface area contributed by atoms with Gasteiger partial charge in [-0.3, -0.25) is 4.81 Å². The highest BCUT2D eigenvalue weighted by Crippen LogP contribution is 2.52. The van der Waals surface area contributed by atoms with E-state index in [0.29, 0.717) is 0 Å². The van der Waals surface area contributed by atoms with Crippen molar-refractivity contribution in [3.05, 3.63) is 95.2 Å². The first-order chi connectivity index (χ1) is 15.5. The van der Waals surface area contributed by atoms with E-state index in [-0.39, 0.29) is 6.98 Å². The molecule has 0 N–H and O–H groups in total. The van der Waals surface area contributed by atoms with Crippen molar-refractivity contribution in [2.24, 2.45) is 7.05 Å². The molecule has 0 unspecified atom stereocenters. The first-order valence-electron chi connectivity index (χ1n) is 11.3. The van der Waals surface area contributed by atoms with Gasteiger partial charge in [0.05, 0.1) is 18.9 Å². The topological polar surface area (TPSA) is 10.4 Å². The molecule has 156 valence electrons. The van der Waals surface area contributed by atoms with E-state index in [0.717, 1.165) is 0 Å². The summed E-state index contributed by atoms with van der Waals surface area (Å²) in [6.45, 7) is 8.95. The SMILES string of the molecule is Cc1cc(N2B3c4ccccc4-c4ccccc4N3c3ccc(C)c(C)c32)[n+](C)cc1C. The van der Waals surface area contributed by atoms with Gasteiger partial charge in [0.25, 0.3) is 5.82 Å². The lowest BCUT2D eigenvalue weighted by molar-refractivity contribution is -0.658. The largest absolute Gasteiger partial charge is 0.543 e. The molecule has 0 spiro atoms. The lowest BCUT2D eigenvalue weighted by atomic mass is 9.59. The average Bonchev–Trinajstić information content (AvgIpc) is 3.15. The minimum absolute atomic E-state index is 0.0740. The standard InChI is InChI=1S/C28H27BN3/c1-18-14-15-26-28(21(18)4)32(27-16-19(2)20(3)17-30(27)5)29-24-12-8-6-10-22(24)23-11-7-9-13-25(23)31(26)29/h6-17H,1-5H3/q+1. The normalized spacial score (nSPS) is 13.6. The summed E-state index contributed by atoms with van der Waals surface area (Å²) in [7, 11) is 2.16. The van der Waals surface area contributed by atoms with Gasteiger partial charge in [0.15, 0.2) is 0 Å². The second kappa shape index (κ2) is 6.73. The third-order valence-corrected chi connectivity index (χ3v) is 7.33. The second-order valence-electron chi connectivity index (χ2n) is 9.20. The molecule has 0 amide bonds. The van der Waals surface area contributed by atoms with E-state index in [1.807, 2.05) is 0 Å². The molecule has 0 atom stereocenters. The third-order valence-electron chi connectivity index (χ3n) is 7.33. The number of nitrogens with zero attached hydrogens (tertiary/aromatic N) is 3. The average molecular weight is 416 g/mol. The number of hydrogen-bond acceptors (Lipinski definition) is 2. The van der Waals surface area contributed by atoms with E-state index in [4.69, 9.17) is 0 Å². The third kappa shape index (κ3) is 2.47. The van der Waals surface area contributed by atoms with Gasteiger partial charge in [0, 0.05) is 22.8 Å². The highest BCUT2D eigenvalue weighted by Gasteiger charge is 2.55. The fourth-order valence-electron chi connectivity index (χ4n) is 5.42. The quantitative estimate of drug-likeness (QED) is 0.303. The molecule has 3 nitrogen and oxygen atoms in total. The molecule has 0 fully saturated rings. The monoisotopic (exact) mass is 416 g/mol. The van der Waals surface area contributed by atoms with Crippen molar-refractivity contribution >= 4 is 35.3 Å². The number of hydrogen-bond donors (Lipinski definition) is 0. The van der Waals surface area contributed by atoms with E-state index in [2.05, 4.69) is 122 Å². The van der Waals surface area contributed by atoms with Crippen LogP contribution in [0.5, 0.6) is 0 Å². The lowest BCUT2D eigenvalue weighted by Crippen LogP contribution is -2.58. The highest BCUT2D eigenvalue weighted by molar-refractivity contribution is 6.86. The van der Waals surface area contributed by atoms with Crippen molar-refractivity contribution in [2.45, 2.75) is 27.7 Å². The summed E-state index contributed by atoms with van der Waals surface area (Å²) >= 11 is 0. The molecule has 0 radical (unpaired) electrons. The molecule has 2 aliphatic heterocycles. The molecule has 0 saturated heterocycles. The van der Waals surface area contributed by atoms with Crippen LogP contribution < -0.4 is 19.7 Å². The van der Waals surface area contributed by atoms with Crippen LogP contribution in [0, 0.1) is 27.7 Å². The van der Waals surface area contributed by atoms with Crippen molar-refractivity contribution < 1.29 is 4.57 Å². The van der Waals surface area contributed by atoms with Gasteiger partial charge in [-0.2, -0.15) is 0 Å². The molecular formula is C28H27BN3+. The van der Waals surface area contributed by atoms with Crippen LogP contribution in [0.1, 0.15) is 22.3 Å². The van der Waals surface area contributed by atoms with Gasteiger partial charge < -0.3 is 4.81 Å². The maximum Gasteiger partial charge on any atom is 0.543 e. The zero-order valence-electron chi connectivity index (χ0n) is 19.3. The maximum absolute atomic E-state index is 2.55. The molecule has 3 aromatic carbocycles. The Hall–Kier alpha value is -3.53. The van der Waals surface area contributed by atoms with E-state index in [1.165, 1.54) is 61.7 Å². The van der Waals surface area contributed by atoms with Crippen LogP contribution in [-0.2, 0) is 7.05 Å². The first-order valence-corrected chi connectivity index (χ1v) is 11.3. The lowest BCUT2D eigenvalue weighted by Gasteiger charge is -2.32. The molecule has 2 aliphatic rings. The number of aryl methyl sites for hydroxylation is 4. The minimum atomic E-state index is 0.0740. The number of aromatic nitrogens is 1. The van der Waals surface area contributed by atoms with Crippen molar-refractivity contribution in [2.75, 3.05) is 9.62 Å². The van der Waals surface area contributed by atoms with E-state index < -0.39 is 0 Å². The summed E-state index contributed by atoms with van der Waals surface area (Å²) < 4.78 is 2.28. The Labute approximate surface area is 190 Å². The predicted octanol–water partition coefficient (Wildman–Crippen LogP) is 5.41. The summed E-state index contributed by atoms with van der Waals surface area (Å²) in [5.41, 5.74) is 13.1. The first kappa shape index (κ1) is 19.2. The van der Waals surface area contributed by atoms with Crippen LogP contribution in [0.4, 0.5) is 22.9 Å². The van der Waals surface area contributed by atoms with E-state index in [9.17, 15) is 0 Å². The number of rotatable bonds is 1. The van der Waals surface area contributed by atoms with Crippen LogP contribution in [0.15, 0.2) is 72.9 Å². The Morgan fingerprint density at radius 1 is 0.688 bits per heavy atom. The Balaban J connectivity index is 1.73. The molecule has 4 heteroatoms. The van der Waals surface area contributed by atoms with Gasteiger partial charge in [-0.25, -0.2) is 4.57 Å². The summed E-state index contributed by atoms with van der Waals surface area (Å²) in [5, 5.41) is 0. The molecule has 0 saturated carbocycles. The highest BCUT2D eigenvalue weighted by atomic mass is 15.3. The zero-order chi connectivity index (χ0) is 22.1. The van der Waals surface area contributed by atoms with Gasteiger partial charge in [0.1, 0.15) is 5.69 Å². The number of para-hydroxylation sites is 1. The number of anilines is 4. The number of benzene rings is 3. The van der Waals surface area contributed by atoms with Gasteiger partial charge in [-0.05, 0) is 67.6 Å². The zero-order valence-corrected chi connectivity index (χ0v) is 19.3. The Bertz CT molecular complexity index is 1410. The molecule has 6 rings (SSSR count). The van der Waals surface area contributed by atoms with Crippen molar-refractivity contribution in [3.63, 3.8) is 0 Å².